The Labute approximate surface area is 213 Å². The van der Waals surface area contributed by atoms with E-state index < -0.39 is 0 Å². The maximum atomic E-state index is 6.49. The van der Waals surface area contributed by atoms with Crippen LogP contribution in [0.5, 0.6) is 0 Å². The molecule has 6 heteroatoms. The highest BCUT2D eigenvalue weighted by molar-refractivity contribution is 7.08. The first-order valence-electron chi connectivity index (χ1n) is 12.6. The fourth-order valence-electron chi connectivity index (χ4n) is 5.76. The number of piperidine rings is 1. The van der Waals surface area contributed by atoms with Gasteiger partial charge in [0.15, 0.2) is 0 Å². The number of hydrogen-bond donors (Lipinski definition) is 0. The summed E-state index contributed by atoms with van der Waals surface area (Å²) in [6, 6.07) is 8.22. The summed E-state index contributed by atoms with van der Waals surface area (Å²) in [4.78, 5) is 5.30. The Bertz CT molecular complexity index is 880. The topological polar surface area (TPSA) is 15.7 Å². The predicted molar refractivity (Wildman–Crippen MR) is 140 cm³/mol. The summed E-state index contributed by atoms with van der Waals surface area (Å²) in [5.74, 6) is 2.87. The Morgan fingerprint density at radius 3 is 2.39 bits per heavy atom. The van der Waals surface area contributed by atoms with Crippen LogP contribution in [0.2, 0.25) is 10.0 Å². The van der Waals surface area contributed by atoms with E-state index in [1.165, 1.54) is 62.9 Å². The molecule has 3 fully saturated rings. The van der Waals surface area contributed by atoms with Gasteiger partial charge in [0, 0.05) is 55.4 Å². The molecule has 0 amide bonds. The van der Waals surface area contributed by atoms with Crippen molar-refractivity contribution in [1.29, 1.82) is 0 Å². The summed E-state index contributed by atoms with van der Waals surface area (Å²) in [7, 11) is 0. The summed E-state index contributed by atoms with van der Waals surface area (Å²) < 4.78 is 6.06. The Morgan fingerprint density at radius 2 is 1.73 bits per heavy atom. The van der Waals surface area contributed by atoms with Gasteiger partial charge in [0.25, 0.3) is 0 Å². The van der Waals surface area contributed by atoms with E-state index in [2.05, 4.69) is 32.7 Å². The van der Waals surface area contributed by atoms with Crippen molar-refractivity contribution in [3.8, 4) is 0 Å². The van der Waals surface area contributed by atoms with Crippen molar-refractivity contribution in [3.05, 3.63) is 56.2 Å². The van der Waals surface area contributed by atoms with Crippen molar-refractivity contribution in [2.45, 2.75) is 44.6 Å². The van der Waals surface area contributed by atoms with E-state index in [9.17, 15) is 0 Å². The number of ether oxygens (including phenoxy) is 1. The molecule has 2 atom stereocenters. The van der Waals surface area contributed by atoms with E-state index >= 15 is 0 Å². The first-order valence-corrected chi connectivity index (χ1v) is 14.3. The van der Waals surface area contributed by atoms with Gasteiger partial charge in [-0.05, 0) is 96.6 Å². The zero-order valence-corrected chi connectivity index (χ0v) is 21.8. The number of nitrogens with zero attached hydrogens (tertiary/aromatic N) is 2. The third kappa shape index (κ3) is 6.34. The average molecular weight is 508 g/mol. The summed E-state index contributed by atoms with van der Waals surface area (Å²) in [5, 5.41) is 6.05. The summed E-state index contributed by atoms with van der Waals surface area (Å²) in [6.45, 7) is 8.73. The summed E-state index contributed by atoms with van der Waals surface area (Å²) in [6.07, 6.45) is 6.73. The van der Waals surface area contributed by atoms with Crippen molar-refractivity contribution in [1.82, 2.24) is 9.80 Å². The molecule has 3 heterocycles. The molecule has 33 heavy (non-hydrogen) atoms. The van der Waals surface area contributed by atoms with Gasteiger partial charge < -0.3 is 9.64 Å². The van der Waals surface area contributed by atoms with Crippen molar-refractivity contribution >= 4 is 34.5 Å². The molecule has 180 valence electrons. The van der Waals surface area contributed by atoms with Crippen LogP contribution in [0.3, 0.4) is 0 Å². The Balaban J connectivity index is 1.14. The minimum Gasteiger partial charge on any atom is -0.381 e. The van der Waals surface area contributed by atoms with Crippen LogP contribution in [0.15, 0.2) is 35.0 Å². The van der Waals surface area contributed by atoms with Crippen LogP contribution >= 0.6 is 34.5 Å². The Morgan fingerprint density at radius 1 is 0.939 bits per heavy atom. The van der Waals surface area contributed by atoms with Crippen LogP contribution < -0.4 is 0 Å². The molecule has 0 N–H and O–H groups in total. The largest absolute Gasteiger partial charge is 0.381 e. The van der Waals surface area contributed by atoms with Crippen molar-refractivity contribution in [2.24, 2.45) is 17.8 Å². The van der Waals surface area contributed by atoms with Crippen LogP contribution in [-0.2, 0) is 11.3 Å². The second kappa shape index (κ2) is 11.4. The highest BCUT2D eigenvalue weighted by atomic mass is 35.5. The predicted octanol–water partition coefficient (Wildman–Crippen LogP) is 6.80. The van der Waals surface area contributed by atoms with Crippen LogP contribution in [0.1, 0.15) is 49.1 Å². The average Bonchev–Trinajstić information content (AvgIpc) is 3.43. The van der Waals surface area contributed by atoms with Gasteiger partial charge in [0.2, 0.25) is 0 Å². The summed E-state index contributed by atoms with van der Waals surface area (Å²) in [5.41, 5.74) is 2.68. The molecule has 3 aliphatic rings. The van der Waals surface area contributed by atoms with E-state index in [-0.39, 0.29) is 0 Å². The minimum absolute atomic E-state index is 0.603. The first kappa shape index (κ1) is 24.1. The number of likely N-dealkylation sites (tertiary alicyclic amines) is 2. The minimum atomic E-state index is 0.603. The van der Waals surface area contributed by atoms with E-state index in [1.54, 1.807) is 0 Å². The molecule has 0 spiro atoms. The summed E-state index contributed by atoms with van der Waals surface area (Å²) >= 11 is 14.4. The van der Waals surface area contributed by atoms with E-state index in [0.717, 1.165) is 49.7 Å². The maximum absolute atomic E-state index is 6.49. The van der Waals surface area contributed by atoms with Crippen LogP contribution in [0.4, 0.5) is 0 Å². The molecule has 1 aromatic heterocycles. The smallest absolute Gasteiger partial charge is 0.0495 e. The monoisotopic (exact) mass is 506 g/mol. The molecule has 1 aliphatic carbocycles. The van der Waals surface area contributed by atoms with Gasteiger partial charge in [-0.3, -0.25) is 4.90 Å². The molecule has 0 radical (unpaired) electrons. The van der Waals surface area contributed by atoms with Gasteiger partial charge >= 0.3 is 0 Å². The second-order valence-electron chi connectivity index (χ2n) is 10.4. The van der Waals surface area contributed by atoms with Gasteiger partial charge in [-0.25, -0.2) is 0 Å². The van der Waals surface area contributed by atoms with Gasteiger partial charge in [-0.1, -0.05) is 35.7 Å². The van der Waals surface area contributed by atoms with E-state index in [1.807, 2.05) is 23.5 Å². The molecule has 2 saturated heterocycles. The van der Waals surface area contributed by atoms with Crippen molar-refractivity contribution < 1.29 is 4.74 Å². The maximum Gasteiger partial charge on any atom is 0.0495 e. The number of hydrogen-bond acceptors (Lipinski definition) is 4. The van der Waals surface area contributed by atoms with Gasteiger partial charge in [-0.15, -0.1) is 0 Å². The second-order valence-corrected chi connectivity index (χ2v) is 12.1. The highest BCUT2D eigenvalue weighted by Crippen LogP contribution is 2.36. The lowest BCUT2D eigenvalue weighted by molar-refractivity contribution is 0.0286. The number of halogens is 2. The molecule has 2 aromatic rings. The number of rotatable bonds is 9. The molecule has 1 saturated carbocycles. The molecule has 1 aromatic carbocycles. The lowest BCUT2D eigenvalue weighted by atomic mass is 9.86. The van der Waals surface area contributed by atoms with Gasteiger partial charge in [0.1, 0.15) is 0 Å². The van der Waals surface area contributed by atoms with E-state index in [4.69, 9.17) is 27.9 Å². The normalized spacial score (nSPS) is 25.5. The Hall–Kier alpha value is -0.620. The molecule has 0 unspecified atom stereocenters. The van der Waals surface area contributed by atoms with Crippen LogP contribution in [0.25, 0.3) is 0 Å². The fraction of sp³-hybridized carbons (Fsp3) is 0.630. The molecule has 2 aliphatic heterocycles. The molecular weight excluding hydrogens is 471 g/mol. The number of benzene rings is 1. The quantitative estimate of drug-likeness (QED) is 0.371. The van der Waals surface area contributed by atoms with Crippen molar-refractivity contribution in [3.63, 3.8) is 0 Å². The molecular formula is C27H36Cl2N2OS. The third-order valence-corrected chi connectivity index (χ3v) is 9.32. The number of thiophene rings is 1. The van der Waals surface area contributed by atoms with Gasteiger partial charge in [0.05, 0.1) is 0 Å². The Kier molecular flexibility index (Phi) is 8.33. The van der Waals surface area contributed by atoms with Crippen molar-refractivity contribution in [2.75, 3.05) is 45.9 Å². The molecule has 0 bridgehead atoms. The molecule has 5 rings (SSSR count). The lowest BCUT2D eigenvalue weighted by Gasteiger charge is -2.35. The lowest BCUT2D eigenvalue weighted by Crippen LogP contribution is -2.39. The zero-order chi connectivity index (χ0) is 22.6. The highest BCUT2D eigenvalue weighted by Gasteiger charge is 2.36. The van der Waals surface area contributed by atoms with Crippen LogP contribution in [0, 0.1) is 17.8 Å². The fourth-order valence-corrected chi connectivity index (χ4v) is 6.95. The molecule has 3 nitrogen and oxygen atoms in total. The first-order chi connectivity index (χ1) is 16.1. The van der Waals surface area contributed by atoms with E-state index in [0.29, 0.717) is 16.9 Å². The zero-order valence-electron chi connectivity index (χ0n) is 19.4. The third-order valence-electron chi connectivity index (χ3n) is 8.03. The van der Waals surface area contributed by atoms with Gasteiger partial charge in [-0.2, -0.15) is 11.3 Å². The standard InChI is InChI=1S/C27H36Cl2N2OS/c28-25-5-4-22(27(29)12-25)13-31-15-24(26(16-31)23-8-11-33-19-23)14-30-9-6-21(7-10-30)18-32-17-20-2-1-3-20/h4-5,8,11-12,19-21,24,26H,1-3,6-7,9-10,13-18H2/t24-,26+/m0/s1. The van der Waals surface area contributed by atoms with Crippen LogP contribution in [-0.4, -0.2) is 55.7 Å². The SMILES string of the molecule is Clc1ccc(CN2C[C@H](CN3CCC(COCC4CCC4)CC3)[C@@H](c3ccsc3)C2)c(Cl)c1.